The Bertz CT molecular complexity index is 383. The molecule has 2 heterocycles. The molecule has 2 fully saturated rings. The summed E-state index contributed by atoms with van der Waals surface area (Å²) in [7, 11) is 0. The van der Waals surface area contributed by atoms with Crippen LogP contribution < -0.4 is 5.32 Å². The molecule has 2 aliphatic heterocycles. The first-order valence-electron chi connectivity index (χ1n) is 9.08. The van der Waals surface area contributed by atoms with Gasteiger partial charge in [0.25, 0.3) is 0 Å². The van der Waals surface area contributed by atoms with Crippen LogP contribution in [-0.2, 0) is 9.53 Å². The minimum atomic E-state index is 0.212. The molecule has 0 radical (unpaired) electrons. The number of ether oxygens (including phenoxy) is 1. The Labute approximate surface area is 134 Å². The van der Waals surface area contributed by atoms with Crippen molar-refractivity contribution in [2.75, 3.05) is 32.8 Å². The summed E-state index contributed by atoms with van der Waals surface area (Å²) >= 11 is 0. The number of hydrogen-bond acceptors (Lipinski definition) is 3. The van der Waals surface area contributed by atoms with Crippen LogP contribution in [0.2, 0.25) is 0 Å². The largest absolute Gasteiger partial charge is 0.376 e. The average Bonchev–Trinajstić information content (AvgIpc) is 3.08. The fraction of sp³-hybridized carbons (Fsp3) is 0.833. The van der Waals surface area contributed by atoms with E-state index in [-0.39, 0.29) is 17.9 Å². The number of allylic oxidation sites excluding steroid dienone is 2. The highest BCUT2D eigenvalue weighted by molar-refractivity contribution is 5.78. The van der Waals surface area contributed by atoms with E-state index >= 15 is 0 Å². The minimum absolute atomic E-state index is 0.212. The molecule has 1 amide bonds. The molecule has 0 aromatic carbocycles. The van der Waals surface area contributed by atoms with Gasteiger partial charge < -0.3 is 15.0 Å². The maximum atomic E-state index is 12.3. The third kappa shape index (κ3) is 4.56. The molecule has 0 spiro atoms. The van der Waals surface area contributed by atoms with Gasteiger partial charge in [-0.3, -0.25) is 4.79 Å². The van der Waals surface area contributed by atoms with Gasteiger partial charge in [-0.05, 0) is 64.0 Å². The molecule has 3 aliphatic rings. The molecular weight excluding hydrogens is 276 g/mol. The smallest absolute Gasteiger partial charge is 0.223 e. The van der Waals surface area contributed by atoms with E-state index in [0.29, 0.717) is 6.54 Å². The first-order chi connectivity index (χ1) is 10.8. The Balaban J connectivity index is 1.33. The van der Waals surface area contributed by atoms with E-state index in [1.165, 1.54) is 25.8 Å². The average molecular weight is 306 g/mol. The van der Waals surface area contributed by atoms with Crippen LogP contribution in [0, 0.1) is 11.8 Å². The molecule has 0 aromatic rings. The number of likely N-dealkylation sites (tertiary alicyclic amines) is 1. The topological polar surface area (TPSA) is 41.6 Å². The summed E-state index contributed by atoms with van der Waals surface area (Å²) in [6, 6.07) is 0. The highest BCUT2D eigenvalue weighted by Crippen LogP contribution is 2.23. The molecule has 2 saturated heterocycles. The lowest BCUT2D eigenvalue weighted by Crippen LogP contribution is -2.43. The number of carbonyl (C=O) groups excluding carboxylic acids is 1. The highest BCUT2D eigenvalue weighted by Gasteiger charge is 2.27. The Morgan fingerprint density at radius 3 is 2.73 bits per heavy atom. The number of nitrogens with one attached hydrogen (secondary N) is 1. The minimum Gasteiger partial charge on any atom is -0.376 e. The van der Waals surface area contributed by atoms with Gasteiger partial charge >= 0.3 is 0 Å². The predicted molar refractivity (Wildman–Crippen MR) is 87.6 cm³/mol. The van der Waals surface area contributed by atoms with E-state index in [4.69, 9.17) is 4.74 Å². The van der Waals surface area contributed by atoms with Crippen LogP contribution in [0.3, 0.4) is 0 Å². The number of hydrogen-bond donors (Lipinski definition) is 1. The molecule has 1 N–H and O–H groups in total. The molecule has 124 valence electrons. The van der Waals surface area contributed by atoms with Crippen molar-refractivity contribution in [1.82, 2.24) is 10.2 Å². The molecule has 1 aliphatic carbocycles. The van der Waals surface area contributed by atoms with Crippen LogP contribution in [0.1, 0.15) is 44.9 Å². The number of rotatable bonds is 5. The summed E-state index contributed by atoms with van der Waals surface area (Å²) in [6.45, 7) is 4.94. The lowest BCUT2D eigenvalue weighted by Gasteiger charge is -2.34. The molecule has 0 unspecified atom stereocenters. The van der Waals surface area contributed by atoms with Crippen molar-refractivity contribution >= 4 is 5.91 Å². The Morgan fingerprint density at radius 1 is 1.18 bits per heavy atom. The van der Waals surface area contributed by atoms with Gasteiger partial charge in [-0.1, -0.05) is 12.2 Å². The van der Waals surface area contributed by atoms with Gasteiger partial charge in [0.1, 0.15) is 0 Å². The van der Waals surface area contributed by atoms with Gasteiger partial charge in [-0.25, -0.2) is 0 Å². The maximum absolute atomic E-state index is 12.3. The third-order valence-corrected chi connectivity index (χ3v) is 5.38. The van der Waals surface area contributed by atoms with Crippen LogP contribution in [-0.4, -0.2) is 49.7 Å². The van der Waals surface area contributed by atoms with Crippen molar-refractivity contribution in [3.63, 3.8) is 0 Å². The SMILES string of the molecule is O=C(NC[C@H]1CCCO1)C1CCN(C[C@H]2CC=CCC2)CC1. The molecule has 3 rings (SSSR count). The number of nitrogens with zero attached hydrogens (tertiary/aromatic N) is 1. The second-order valence-corrected chi connectivity index (χ2v) is 7.11. The number of amides is 1. The van der Waals surface area contributed by atoms with Gasteiger partial charge in [0.05, 0.1) is 6.10 Å². The second kappa shape index (κ2) is 8.11. The normalized spacial score (nSPS) is 30.5. The summed E-state index contributed by atoms with van der Waals surface area (Å²) in [5.74, 6) is 1.29. The summed E-state index contributed by atoms with van der Waals surface area (Å²) in [6.07, 6.45) is 13.0. The van der Waals surface area contributed by atoms with Gasteiger partial charge in [0.2, 0.25) is 5.91 Å². The quantitative estimate of drug-likeness (QED) is 0.793. The molecule has 4 nitrogen and oxygen atoms in total. The Kier molecular flexibility index (Phi) is 5.90. The monoisotopic (exact) mass is 306 g/mol. The zero-order valence-corrected chi connectivity index (χ0v) is 13.6. The van der Waals surface area contributed by atoms with Crippen LogP contribution in [0.5, 0.6) is 0 Å². The summed E-state index contributed by atoms with van der Waals surface area (Å²) < 4.78 is 5.56. The standard InChI is InChI=1S/C18H30N2O2/c21-18(19-13-17-7-4-12-22-17)16-8-10-20(11-9-16)14-15-5-2-1-3-6-15/h1-2,15-17H,3-14H2,(H,19,21)/t15-,17+/m0/s1. The van der Waals surface area contributed by atoms with E-state index < -0.39 is 0 Å². The highest BCUT2D eigenvalue weighted by atomic mass is 16.5. The first kappa shape index (κ1) is 16.0. The van der Waals surface area contributed by atoms with Crippen LogP contribution in [0.25, 0.3) is 0 Å². The summed E-state index contributed by atoms with van der Waals surface area (Å²) in [5, 5.41) is 3.10. The maximum Gasteiger partial charge on any atom is 0.223 e. The fourth-order valence-corrected chi connectivity index (χ4v) is 3.93. The molecule has 4 heteroatoms. The number of piperidine rings is 1. The van der Waals surface area contributed by atoms with Crippen LogP contribution >= 0.6 is 0 Å². The van der Waals surface area contributed by atoms with Crippen molar-refractivity contribution in [1.29, 1.82) is 0 Å². The molecule has 0 saturated carbocycles. The van der Waals surface area contributed by atoms with Crippen LogP contribution in [0.4, 0.5) is 0 Å². The lowest BCUT2D eigenvalue weighted by atomic mass is 9.91. The van der Waals surface area contributed by atoms with Gasteiger partial charge in [0, 0.05) is 25.6 Å². The van der Waals surface area contributed by atoms with Crippen molar-refractivity contribution in [2.45, 2.75) is 51.0 Å². The van der Waals surface area contributed by atoms with Gasteiger partial charge in [-0.15, -0.1) is 0 Å². The Morgan fingerprint density at radius 2 is 2.05 bits per heavy atom. The van der Waals surface area contributed by atoms with Crippen LogP contribution in [0.15, 0.2) is 12.2 Å². The summed E-state index contributed by atoms with van der Waals surface area (Å²) in [5.41, 5.74) is 0. The molecule has 0 aromatic heterocycles. The Hall–Kier alpha value is -0.870. The zero-order chi connectivity index (χ0) is 15.2. The van der Waals surface area contributed by atoms with E-state index in [9.17, 15) is 4.79 Å². The molecule has 0 bridgehead atoms. The van der Waals surface area contributed by atoms with Crippen molar-refractivity contribution in [3.8, 4) is 0 Å². The number of carbonyl (C=O) groups is 1. The lowest BCUT2D eigenvalue weighted by molar-refractivity contribution is -0.127. The summed E-state index contributed by atoms with van der Waals surface area (Å²) in [4.78, 5) is 14.8. The third-order valence-electron chi connectivity index (χ3n) is 5.38. The van der Waals surface area contributed by atoms with E-state index in [1.54, 1.807) is 0 Å². The zero-order valence-electron chi connectivity index (χ0n) is 13.6. The molecule has 2 atom stereocenters. The van der Waals surface area contributed by atoms with E-state index in [1.807, 2.05) is 0 Å². The van der Waals surface area contributed by atoms with Gasteiger partial charge in [0.15, 0.2) is 0 Å². The second-order valence-electron chi connectivity index (χ2n) is 7.11. The first-order valence-corrected chi connectivity index (χ1v) is 9.08. The van der Waals surface area contributed by atoms with E-state index in [2.05, 4.69) is 22.4 Å². The van der Waals surface area contributed by atoms with Crippen molar-refractivity contribution in [3.05, 3.63) is 12.2 Å². The molecule has 22 heavy (non-hydrogen) atoms. The van der Waals surface area contributed by atoms with Gasteiger partial charge in [-0.2, -0.15) is 0 Å². The molecular formula is C18H30N2O2. The fourth-order valence-electron chi connectivity index (χ4n) is 3.93. The van der Waals surface area contributed by atoms with E-state index in [0.717, 1.165) is 51.3 Å². The predicted octanol–water partition coefficient (Wildman–Crippen LogP) is 2.35. The van der Waals surface area contributed by atoms with Crippen molar-refractivity contribution in [2.24, 2.45) is 11.8 Å². The van der Waals surface area contributed by atoms with Crippen molar-refractivity contribution < 1.29 is 9.53 Å².